The van der Waals surface area contributed by atoms with Crippen LogP contribution in [0.3, 0.4) is 0 Å². The van der Waals surface area contributed by atoms with Gasteiger partial charge in [0.2, 0.25) is 0 Å². The number of anilines is 1. The number of hydrogen-bond donors (Lipinski definition) is 0. The third-order valence-corrected chi connectivity index (χ3v) is 5.01. The average molecular weight is 336 g/mol. The summed E-state index contributed by atoms with van der Waals surface area (Å²) in [6.45, 7) is 6.25. The second-order valence-corrected chi connectivity index (χ2v) is 6.62. The highest BCUT2D eigenvalue weighted by Crippen LogP contribution is 2.26. The Morgan fingerprint density at radius 3 is 2.84 bits per heavy atom. The van der Waals surface area contributed by atoms with Crippen LogP contribution in [0.1, 0.15) is 25.3 Å². The summed E-state index contributed by atoms with van der Waals surface area (Å²) in [4.78, 5) is 13.7. The summed E-state index contributed by atoms with van der Waals surface area (Å²) in [5.41, 5.74) is 2.98. The van der Waals surface area contributed by atoms with Gasteiger partial charge in [-0.15, -0.1) is 0 Å². The number of pyridine rings is 1. The van der Waals surface area contributed by atoms with E-state index in [0.29, 0.717) is 12.1 Å². The molecule has 2 aromatic heterocycles. The predicted octanol–water partition coefficient (Wildman–Crippen LogP) is 3.71. The largest absolute Gasteiger partial charge is 0.423 e. The molecule has 1 atom stereocenters. The molecule has 5 nitrogen and oxygen atoms in total. The van der Waals surface area contributed by atoms with Gasteiger partial charge in [0.05, 0.1) is 0 Å². The quantitative estimate of drug-likeness (QED) is 0.686. The lowest BCUT2D eigenvalue weighted by Gasteiger charge is -2.29. The zero-order valence-electron chi connectivity index (χ0n) is 14.6. The molecule has 5 heteroatoms. The Balaban J connectivity index is 1.62. The van der Waals surface area contributed by atoms with E-state index in [0.717, 1.165) is 30.7 Å². The van der Waals surface area contributed by atoms with E-state index in [1.165, 1.54) is 24.9 Å². The van der Waals surface area contributed by atoms with Crippen molar-refractivity contribution in [1.82, 2.24) is 14.9 Å². The van der Waals surface area contributed by atoms with Gasteiger partial charge in [-0.1, -0.05) is 19.1 Å². The van der Waals surface area contributed by atoms with Gasteiger partial charge in [-0.3, -0.25) is 9.88 Å². The third-order valence-electron chi connectivity index (χ3n) is 5.01. The summed E-state index contributed by atoms with van der Waals surface area (Å²) in [5, 5.41) is 0. The molecule has 130 valence electrons. The Kier molecular flexibility index (Phi) is 4.65. The molecule has 1 unspecified atom stereocenters. The highest BCUT2D eigenvalue weighted by atomic mass is 16.4. The van der Waals surface area contributed by atoms with Crippen molar-refractivity contribution in [3.8, 4) is 0 Å². The maximum atomic E-state index is 6.06. The van der Waals surface area contributed by atoms with Crippen LogP contribution < -0.4 is 4.90 Å². The topological polar surface area (TPSA) is 45.4 Å². The number of oxazole rings is 1. The van der Waals surface area contributed by atoms with E-state index in [9.17, 15) is 0 Å². The van der Waals surface area contributed by atoms with E-state index in [2.05, 4.69) is 33.8 Å². The van der Waals surface area contributed by atoms with Gasteiger partial charge in [0.1, 0.15) is 5.52 Å². The van der Waals surface area contributed by atoms with Gasteiger partial charge < -0.3 is 9.32 Å². The van der Waals surface area contributed by atoms with Gasteiger partial charge in [0.25, 0.3) is 6.01 Å². The van der Waals surface area contributed by atoms with E-state index in [1.54, 1.807) is 0 Å². The van der Waals surface area contributed by atoms with E-state index in [4.69, 9.17) is 9.40 Å². The molecular formula is C20H24N4O. The fourth-order valence-corrected chi connectivity index (χ4v) is 3.69. The van der Waals surface area contributed by atoms with Gasteiger partial charge in [-0.25, -0.2) is 0 Å². The Hall–Kier alpha value is -2.40. The summed E-state index contributed by atoms with van der Waals surface area (Å²) in [6.07, 6.45) is 6.19. The van der Waals surface area contributed by atoms with E-state index >= 15 is 0 Å². The molecule has 1 saturated heterocycles. The van der Waals surface area contributed by atoms with Crippen LogP contribution >= 0.6 is 0 Å². The number of aromatic nitrogens is 2. The number of likely N-dealkylation sites (tertiary alicyclic amines) is 1. The Bertz CT molecular complexity index is 784. The first-order valence-electron chi connectivity index (χ1n) is 9.07. The molecule has 0 radical (unpaired) electrons. The van der Waals surface area contributed by atoms with Crippen LogP contribution in [0, 0.1) is 0 Å². The van der Waals surface area contributed by atoms with Crippen molar-refractivity contribution in [2.45, 2.75) is 32.4 Å². The summed E-state index contributed by atoms with van der Waals surface area (Å²) < 4.78 is 6.06. The first kappa shape index (κ1) is 16.1. The molecule has 0 spiro atoms. The maximum absolute atomic E-state index is 6.06. The normalized spacial score (nSPS) is 18.0. The predicted molar refractivity (Wildman–Crippen MR) is 99.6 cm³/mol. The number of fused-ring (bicyclic) bond motifs is 1. The first-order chi connectivity index (χ1) is 12.3. The molecule has 3 heterocycles. The molecular weight excluding hydrogens is 312 g/mol. The van der Waals surface area contributed by atoms with Crippen molar-refractivity contribution in [2.75, 3.05) is 24.5 Å². The fourth-order valence-electron chi connectivity index (χ4n) is 3.69. The molecule has 25 heavy (non-hydrogen) atoms. The molecule has 0 aliphatic carbocycles. The highest BCUT2D eigenvalue weighted by Gasteiger charge is 2.27. The number of nitrogens with zero attached hydrogens (tertiary/aromatic N) is 4. The van der Waals surface area contributed by atoms with Crippen LogP contribution in [-0.4, -0.2) is 40.5 Å². The van der Waals surface area contributed by atoms with Crippen molar-refractivity contribution in [3.63, 3.8) is 0 Å². The molecule has 3 aromatic rings. The van der Waals surface area contributed by atoms with Crippen molar-refractivity contribution < 1.29 is 4.42 Å². The number of hydrogen-bond acceptors (Lipinski definition) is 5. The molecule has 1 fully saturated rings. The zero-order valence-corrected chi connectivity index (χ0v) is 14.6. The number of para-hydroxylation sites is 2. The first-order valence-corrected chi connectivity index (χ1v) is 9.07. The molecule has 1 aromatic carbocycles. The van der Waals surface area contributed by atoms with Crippen molar-refractivity contribution in [1.29, 1.82) is 0 Å². The molecule has 0 saturated carbocycles. The Morgan fingerprint density at radius 1 is 1.20 bits per heavy atom. The second-order valence-electron chi connectivity index (χ2n) is 6.62. The minimum absolute atomic E-state index is 0.557. The van der Waals surface area contributed by atoms with Crippen LogP contribution in [0.5, 0.6) is 0 Å². The fraction of sp³-hybridized carbons (Fsp3) is 0.400. The minimum Gasteiger partial charge on any atom is -0.423 e. The third kappa shape index (κ3) is 3.51. The van der Waals surface area contributed by atoms with Crippen molar-refractivity contribution in [3.05, 3.63) is 54.4 Å². The Labute approximate surface area is 148 Å². The Morgan fingerprint density at radius 2 is 2.04 bits per heavy atom. The maximum Gasteiger partial charge on any atom is 0.298 e. The summed E-state index contributed by atoms with van der Waals surface area (Å²) >= 11 is 0. The molecule has 4 rings (SSSR count). The van der Waals surface area contributed by atoms with Gasteiger partial charge in [-0.05, 0) is 55.8 Å². The lowest BCUT2D eigenvalue weighted by atomic mass is 10.2. The van der Waals surface area contributed by atoms with Gasteiger partial charge in [-0.2, -0.15) is 4.98 Å². The van der Waals surface area contributed by atoms with Crippen LogP contribution in [0.25, 0.3) is 11.1 Å². The standard InChI is InChI=1S/C20H24N4O/c1-2-23-13-5-6-17(23)15-24(14-16-9-11-21-12-10-16)20-22-18-7-3-4-8-19(18)25-20/h3-4,7-12,17H,2,5-6,13-15H2,1H3. The summed E-state index contributed by atoms with van der Waals surface area (Å²) in [6, 6.07) is 13.3. The monoisotopic (exact) mass is 336 g/mol. The number of likely N-dealkylation sites (N-methyl/N-ethyl adjacent to an activating group) is 1. The van der Waals surface area contributed by atoms with Crippen LogP contribution in [0.15, 0.2) is 53.2 Å². The number of benzene rings is 1. The zero-order chi connectivity index (χ0) is 17.1. The van der Waals surface area contributed by atoms with Gasteiger partial charge in [0, 0.05) is 31.5 Å². The second kappa shape index (κ2) is 7.23. The molecule has 0 N–H and O–H groups in total. The summed E-state index contributed by atoms with van der Waals surface area (Å²) in [7, 11) is 0. The molecule has 1 aliphatic rings. The van der Waals surface area contributed by atoms with E-state index in [1.807, 2.05) is 36.7 Å². The minimum atomic E-state index is 0.557. The van der Waals surface area contributed by atoms with Crippen molar-refractivity contribution >= 4 is 17.1 Å². The average Bonchev–Trinajstić information content (AvgIpc) is 3.28. The smallest absolute Gasteiger partial charge is 0.298 e. The van der Waals surface area contributed by atoms with E-state index < -0.39 is 0 Å². The van der Waals surface area contributed by atoms with Crippen LogP contribution in [0.4, 0.5) is 6.01 Å². The lowest BCUT2D eigenvalue weighted by molar-refractivity contribution is 0.266. The SMILES string of the molecule is CCN1CCCC1CN(Cc1ccncc1)c1nc2ccccc2o1. The van der Waals surface area contributed by atoms with Crippen LogP contribution in [0.2, 0.25) is 0 Å². The van der Waals surface area contributed by atoms with Crippen LogP contribution in [-0.2, 0) is 6.54 Å². The van der Waals surface area contributed by atoms with Gasteiger partial charge >= 0.3 is 0 Å². The van der Waals surface area contributed by atoms with E-state index in [-0.39, 0.29) is 0 Å². The summed E-state index contributed by atoms with van der Waals surface area (Å²) in [5.74, 6) is 0. The number of rotatable bonds is 6. The molecule has 1 aliphatic heterocycles. The highest BCUT2D eigenvalue weighted by molar-refractivity contribution is 5.74. The lowest BCUT2D eigenvalue weighted by Crippen LogP contribution is -2.40. The molecule has 0 amide bonds. The molecule has 0 bridgehead atoms. The van der Waals surface area contributed by atoms with Crippen molar-refractivity contribution in [2.24, 2.45) is 0 Å². The van der Waals surface area contributed by atoms with Gasteiger partial charge in [0.15, 0.2) is 5.58 Å².